The average Bonchev–Trinajstić information content (AvgIpc) is 3.31. The van der Waals surface area contributed by atoms with Gasteiger partial charge in [0.15, 0.2) is 0 Å². The summed E-state index contributed by atoms with van der Waals surface area (Å²) < 4.78 is 7.80. The van der Waals surface area contributed by atoms with Crippen molar-refractivity contribution in [3.05, 3.63) is 28.7 Å². The molecule has 2 atom stereocenters. The van der Waals surface area contributed by atoms with Gasteiger partial charge in [-0.2, -0.15) is 4.98 Å². The third-order valence-electron chi connectivity index (χ3n) is 6.29. The quantitative estimate of drug-likeness (QED) is 0.509. The van der Waals surface area contributed by atoms with Crippen LogP contribution < -0.4 is 5.32 Å². The van der Waals surface area contributed by atoms with Gasteiger partial charge in [-0.1, -0.05) is 11.6 Å². The first-order valence-electron chi connectivity index (χ1n) is 11.1. The van der Waals surface area contributed by atoms with Gasteiger partial charge in [0, 0.05) is 32.4 Å². The molecule has 1 N–H and O–H groups in total. The number of halogens is 1. The molecule has 168 valence electrons. The first-order chi connectivity index (χ1) is 14.7. The van der Waals surface area contributed by atoms with Crippen molar-refractivity contribution in [3.8, 4) is 0 Å². The van der Waals surface area contributed by atoms with Crippen molar-refractivity contribution in [2.75, 3.05) is 25.5 Å². The molecule has 0 bridgehead atoms. The molecule has 2 aromatic heterocycles. The Balaban J connectivity index is 1.47. The second kappa shape index (κ2) is 8.34. The molecule has 0 radical (unpaired) electrons. The number of fused-ring (bicyclic) bond motifs is 1. The molecule has 7 nitrogen and oxygen atoms in total. The molecule has 1 amide bonds. The molecule has 1 aliphatic heterocycles. The Labute approximate surface area is 188 Å². The lowest BCUT2D eigenvalue weighted by molar-refractivity contribution is 0.0264. The molecule has 0 spiro atoms. The number of nitrogens with zero attached hydrogens (tertiary/aromatic N) is 4. The van der Waals surface area contributed by atoms with E-state index in [-0.39, 0.29) is 11.4 Å². The van der Waals surface area contributed by atoms with Gasteiger partial charge in [0.25, 0.3) is 0 Å². The van der Waals surface area contributed by atoms with E-state index in [0.717, 1.165) is 54.6 Å². The van der Waals surface area contributed by atoms with E-state index in [4.69, 9.17) is 16.3 Å². The summed E-state index contributed by atoms with van der Waals surface area (Å²) in [7, 11) is 1.86. The summed E-state index contributed by atoms with van der Waals surface area (Å²) in [6, 6.07) is 0.390. The third kappa shape index (κ3) is 4.52. The van der Waals surface area contributed by atoms with Crippen molar-refractivity contribution in [2.24, 2.45) is 5.92 Å². The molecule has 31 heavy (non-hydrogen) atoms. The summed E-state index contributed by atoms with van der Waals surface area (Å²) in [6.45, 7) is 9.16. The highest BCUT2D eigenvalue weighted by Crippen LogP contribution is 2.42. The fourth-order valence-corrected chi connectivity index (χ4v) is 5.03. The van der Waals surface area contributed by atoms with Crippen LogP contribution in [0.1, 0.15) is 58.1 Å². The predicted octanol–water partition coefficient (Wildman–Crippen LogP) is 5.34. The maximum absolute atomic E-state index is 12.3. The number of ether oxygens (including phenoxy) is 1. The molecule has 1 saturated carbocycles. The highest BCUT2D eigenvalue weighted by Gasteiger charge is 2.32. The monoisotopic (exact) mass is 445 g/mol. The smallest absolute Gasteiger partial charge is 0.410 e. The van der Waals surface area contributed by atoms with Gasteiger partial charge in [-0.15, -0.1) is 0 Å². The third-order valence-corrected chi connectivity index (χ3v) is 6.46. The SMILES string of the molecule is CNc1nc(Cl)nc2c1c(C)cn2C1CCC(C2=CCN(C(=O)OC(C)(C)C)CC2)C1. The first-order valence-corrected chi connectivity index (χ1v) is 11.4. The minimum absolute atomic E-state index is 0.224. The minimum Gasteiger partial charge on any atom is -0.444 e. The van der Waals surface area contributed by atoms with Gasteiger partial charge in [0.05, 0.1) is 5.39 Å². The van der Waals surface area contributed by atoms with Crippen molar-refractivity contribution in [1.82, 2.24) is 19.4 Å². The molecule has 0 aromatic carbocycles. The van der Waals surface area contributed by atoms with E-state index in [0.29, 0.717) is 18.5 Å². The summed E-state index contributed by atoms with van der Waals surface area (Å²) in [4.78, 5) is 23.0. The number of anilines is 1. The maximum atomic E-state index is 12.3. The maximum Gasteiger partial charge on any atom is 0.410 e. The summed E-state index contributed by atoms with van der Waals surface area (Å²) in [5, 5.41) is 4.45. The Morgan fingerprint density at radius 3 is 2.71 bits per heavy atom. The Bertz CT molecular complexity index is 1020. The second-order valence-corrected chi connectivity index (χ2v) is 9.97. The van der Waals surface area contributed by atoms with E-state index in [1.165, 1.54) is 5.57 Å². The fraction of sp³-hybridized carbons (Fsp3) is 0.609. The number of aromatic nitrogens is 3. The predicted molar refractivity (Wildman–Crippen MR) is 124 cm³/mol. The first kappa shape index (κ1) is 21.9. The zero-order valence-electron chi connectivity index (χ0n) is 19.0. The topological polar surface area (TPSA) is 72.3 Å². The van der Waals surface area contributed by atoms with Crippen LogP contribution in [-0.4, -0.2) is 51.3 Å². The van der Waals surface area contributed by atoms with Gasteiger partial charge in [-0.25, -0.2) is 9.78 Å². The van der Waals surface area contributed by atoms with Gasteiger partial charge in [-0.3, -0.25) is 0 Å². The number of aryl methyl sites for hydroxylation is 1. The highest BCUT2D eigenvalue weighted by atomic mass is 35.5. The van der Waals surface area contributed by atoms with Crippen LogP contribution in [0.25, 0.3) is 11.0 Å². The molecule has 2 aromatic rings. The lowest BCUT2D eigenvalue weighted by atomic mass is 9.92. The van der Waals surface area contributed by atoms with Gasteiger partial charge in [-0.05, 0) is 76.5 Å². The zero-order valence-corrected chi connectivity index (χ0v) is 19.8. The van der Waals surface area contributed by atoms with E-state index in [2.05, 4.69) is 39.0 Å². The summed E-state index contributed by atoms with van der Waals surface area (Å²) in [5.74, 6) is 1.32. The lowest BCUT2D eigenvalue weighted by Crippen LogP contribution is -2.39. The van der Waals surface area contributed by atoms with Crippen molar-refractivity contribution in [1.29, 1.82) is 0 Å². The van der Waals surface area contributed by atoms with Gasteiger partial charge in [0.1, 0.15) is 17.1 Å². The Morgan fingerprint density at radius 2 is 2.06 bits per heavy atom. The standard InChI is InChI=1S/C23H32ClN5O2/c1-14-13-29(20-18(14)19(25-5)26-21(24)27-20)17-7-6-16(12-17)15-8-10-28(11-9-15)22(30)31-23(2,3)4/h8,13,16-17H,6-7,9-12H2,1-5H3,(H,25,26,27). The number of rotatable bonds is 3. The summed E-state index contributed by atoms with van der Waals surface area (Å²) in [6.07, 6.45) is 8.45. The average molecular weight is 446 g/mol. The number of hydrogen-bond donors (Lipinski definition) is 1. The van der Waals surface area contributed by atoms with Crippen LogP contribution in [0.4, 0.5) is 10.6 Å². The van der Waals surface area contributed by atoms with Crippen LogP contribution in [0.2, 0.25) is 5.28 Å². The van der Waals surface area contributed by atoms with Crippen LogP contribution in [0.15, 0.2) is 17.8 Å². The minimum atomic E-state index is -0.461. The number of nitrogens with one attached hydrogen (secondary N) is 1. The normalized spacial score (nSPS) is 22.0. The zero-order chi connectivity index (χ0) is 22.3. The van der Waals surface area contributed by atoms with Crippen molar-refractivity contribution < 1.29 is 9.53 Å². The molecule has 3 heterocycles. The van der Waals surface area contributed by atoms with E-state index in [9.17, 15) is 4.79 Å². The molecule has 2 aliphatic rings. The fourth-order valence-electron chi connectivity index (χ4n) is 4.86. The van der Waals surface area contributed by atoms with Crippen LogP contribution in [0, 0.1) is 12.8 Å². The largest absolute Gasteiger partial charge is 0.444 e. The van der Waals surface area contributed by atoms with Crippen LogP contribution in [0.5, 0.6) is 0 Å². The molecule has 2 unspecified atom stereocenters. The van der Waals surface area contributed by atoms with Crippen LogP contribution >= 0.6 is 11.6 Å². The molecule has 1 aliphatic carbocycles. The Morgan fingerprint density at radius 1 is 1.29 bits per heavy atom. The Kier molecular flexibility index (Phi) is 5.90. The van der Waals surface area contributed by atoms with Crippen molar-refractivity contribution in [3.63, 3.8) is 0 Å². The second-order valence-electron chi connectivity index (χ2n) is 9.63. The van der Waals surface area contributed by atoms with E-state index < -0.39 is 5.60 Å². The number of carbonyl (C=O) groups is 1. The Hall–Kier alpha value is -2.28. The number of carbonyl (C=O) groups excluding carboxylic acids is 1. The van der Waals surface area contributed by atoms with Gasteiger partial charge < -0.3 is 19.5 Å². The van der Waals surface area contributed by atoms with Crippen LogP contribution in [0.3, 0.4) is 0 Å². The molecule has 0 saturated heterocycles. The van der Waals surface area contributed by atoms with Crippen molar-refractivity contribution >= 4 is 34.5 Å². The van der Waals surface area contributed by atoms with Crippen LogP contribution in [-0.2, 0) is 4.74 Å². The summed E-state index contributed by atoms with van der Waals surface area (Å²) >= 11 is 6.19. The molecule has 4 rings (SSSR count). The molecule has 8 heteroatoms. The molecular weight excluding hydrogens is 414 g/mol. The highest BCUT2D eigenvalue weighted by molar-refractivity contribution is 6.28. The lowest BCUT2D eigenvalue weighted by Gasteiger charge is -2.31. The number of amides is 1. The van der Waals surface area contributed by atoms with E-state index in [1.54, 1.807) is 4.90 Å². The van der Waals surface area contributed by atoms with Crippen molar-refractivity contribution in [2.45, 2.75) is 65.0 Å². The van der Waals surface area contributed by atoms with E-state index >= 15 is 0 Å². The summed E-state index contributed by atoms with van der Waals surface area (Å²) in [5.41, 5.74) is 3.07. The molecular formula is C23H32ClN5O2. The molecule has 1 fully saturated rings. The van der Waals surface area contributed by atoms with E-state index in [1.807, 2.05) is 27.8 Å². The van der Waals surface area contributed by atoms with Gasteiger partial charge >= 0.3 is 6.09 Å². The number of hydrogen-bond acceptors (Lipinski definition) is 5. The van der Waals surface area contributed by atoms with Gasteiger partial charge in [0.2, 0.25) is 5.28 Å².